The molecule has 10 nitrogen and oxygen atoms in total. The normalized spacial score (nSPS) is 16.4. The molecule has 13 heteroatoms. The first-order chi connectivity index (χ1) is 17.1. The van der Waals surface area contributed by atoms with Gasteiger partial charge in [0.25, 0.3) is 10.1 Å². The predicted molar refractivity (Wildman–Crippen MR) is 136 cm³/mol. The van der Waals surface area contributed by atoms with Gasteiger partial charge in [0.2, 0.25) is 5.43 Å². The second kappa shape index (κ2) is 8.42. The van der Waals surface area contributed by atoms with Crippen molar-refractivity contribution in [3.05, 3.63) is 64.2 Å². The van der Waals surface area contributed by atoms with E-state index in [1.807, 2.05) is 0 Å². The molecule has 2 aliphatic rings. The molecule has 0 radical (unpaired) electrons. The van der Waals surface area contributed by atoms with E-state index in [0.29, 0.717) is 24.9 Å². The summed E-state index contributed by atoms with van der Waals surface area (Å²) in [7, 11) is -4.70. The van der Waals surface area contributed by atoms with Crippen molar-refractivity contribution in [3.8, 4) is 17.2 Å². The van der Waals surface area contributed by atoms with Crippen molar-refractivity contribution >= 4 is 55.9 Å². The second-order valence-electron chi connectivity index (χ2n) is 8.82. The Kier molecular flexibility index (Phi) is 5.68. The van der Waals surface area contributed by atoms with Crippen molar-refractivity contribution in [3.63, 3.8) is 0 Å². The molecule has 6 rings (SSSR count). The number of hydrogen-bond donors (Lipinski definition) is 3. The maximum atomic E-state index is 15.5. The van der Waals surface area contributed by atoms with Gasteiger partial charge in [-0.15, -0.1) is 12.4 Å². The number of ether oxygens (including phenoxy) is 1. The number of fused-ring (bicyclic) bond motifs is 4. The van der Waals surface area contributed by atoms with Crippen LogP contribution in [0.15, 0.2) is 52.3 Å². The Balaban J connectivity index is 0.00000280. The van der Waals surface area contributed by atoms with E-state index < -0.39 is 37.8 Å². The second-order valence-corrected chi connectivity index (χ2v) is 10.2. The highest BCUT2D eigenvalue weighted by atomic mass is 35.5. The number of carboxylic acids is 1. The molecule has 0 aliphatic carbocycles. The van der Waals surface area contributed by atoms with E-state index in [1.54, 1.807) is 23.1 Å². The van der Waals surface area contributed by atoms with Crippen molar-refractivity contribution < 1.29 is 32.0 Å². The average Bonchev–Trinajstić information content (AvgIpc) is 3.24. The van der Waals surface area contributed by atoms with Crippen molar-refractivity contribution in [2.45, 2.75) is 17.4 Å². The smallest absolute Gasteiger partial charge is 0.341 e. The van der Waals surface area contributed by atoms with E-state index in [4.69, 9.17) is 10.5 Å². The van der Waals surface area contributed by atoms with Gasteiger partial charge in [-0.3, -0.25) is 9.35 Å². The van der Waals surface area contributed by atoms with Gasteiger partial charge >= 0.3 is 5.97 Å². The summed E-state index contributed by atoms with van der Waals surface area (Å²) in [5.74, 6) is -2.45. The van der Waals surface area contributed by atoms with E-state index in [0.717, 1.165) is 18.3 Å². The summed E-state index contributed by atoms with van der Waals surface area (Å²) in [5.41, 5.74) is 4.95. The molecule has 1 aromatic heterocycles. The number of hydrogen-bond acceptors (Lipinski definition) is 7. The lowest BCUT2D eigenvalue weighted by Crippen LogP contribution is -2.28. The van der Waals surface area contributed by atoms with Crippen molar-refractivity contribution in [2.75, 3.05) is 18.0 Å². The Morgan fingerprint density at radius 3 is 2.46 bits per heavy atom. The van der Waals surface area contributed by atoms with Crippen LogP contribution in [0.4, 0.5) is 10.1 Å². The van der Waals surface area contributed by atoms with Gasteiger partial charge in [0, 0.05) is 42.2 Å². The zero-order valence-corrected chi connectivity index (χ0v) is 20.5. The monoisotopic (exact) mass is 547 g/mol. The molecular weight excluding hydrogens is 529 g/mol. The van der Waals surface area contributed by atoms with Gasteiger partial charge in [-0.05, 0) is 12.5 Å². The van der Waals surface area contributed by atoms with Crippen LogP contribution in [0.25, 0.3) is 27.4 Å². The molecule has 37 heavy (non-hydrogen) atoms. The van der Waals surface area contributed by atoms with E-state index >= 15 is 4.39 Å². The Morgan fingerprint density at radius 2 is 1.84 bits per heavy atom. The lowest BCUT2D eigenvalue weighted by Gasteiger charge is -2.30. The maximum absolute atomic E-state index is 15.5. The Labute approximate surface area is 214 Å². The third kappa shape index (κ3) is 3.63. The highest BCUT2D eigenvalue weighted by molar-refractivity contribution is 7.86. The third-order valence-corrected chi connectivity index (χ3v) is 7.51. The molecule has 0 bridgehead atoms. The molecule has 192 valence electrons. The fourth-order valence-electron chi connectivity index (χ4n) is 5.08. The highest BCUT2D eigenvalue weighted by Crippen LogP contribution is 2.49. The van der Waals surface area contributed by atoms with Crippen LogP contribution < -0.4 is 20.8 Å². The molecule has 1 atom stereocenters. The number of anilines is 1. The zero-order chi connectivity index (χ0) is 25.5. The van der Waals surface area contributed by atoms with E-state index in [9.17, 15) is 27.7 Å². The minimum absolute atomic E-state index is 0. The number of rotatable bonds is 3. The topological polar surface area (TPSA) is 152 Å². The summed E-state index contributed by atoms with van der Waals surface area (Å²) in [6.07, 6.45) is 1.71. The molecule has 0 spiro atoms. The summed E-state index contributed by atoms with van der Waals surface area (Å²) in [4.78, 5) is 26.2. The molecule has 0 unspecified atom stereocenters. The molecule has 1 fully saturated rings. The molecular formula is C24H19ClFN3O7S. The first-order valence-electron chi connectivity index (χ1n) is 10.9. The number of carbonyl (C=O) groups is 1. The number of halogens is 2. The summed E-state index contributed by atoms with van der Waals surface area (Å²) < 4.78 is 57.4. The summed E-state index contributed by atoms with van der Waals surface area (Å²) in [6.45, 7) is 0.731. The number of nitrogens with zero attached hydrogens (tertiary/aromatic N) is 2. The number of aromatic nitrogens is 1. The molecule has 3 aromatic carbocycles. The zero-order valence-electron chi connectivity index (χ0n) is 18.8. The maximum Gasteiger partial charge on any atom is 0.341 e. The lowest BCUT2D eigenvalue weighted by atomic mass is 10.0. The Bertz CT molecular complexity index is 1820. The molecule has 4 aromatic rings. The van der Waals surface area contributed by atoms with Crippen LogP contribution >= 0.6 is 12.4 Å². The van der Waals surface area contributed by atoms with E-state index in [1.165, 1.54) is 10.6 Å². The molecule has 0 amide bonds. The van der Waals surface area contributed by atoms with Crippen molar-refractivity contribution in [2.24, 2.45) is 5.73 Å². The molecule has 4 N–H and O–H groups in total. The summed E-state index contributed by atoms with van der Waals surface area (Å²) in [5, 5.41) is 9.96. The van der Waals surface area contributed by atoms with Gasteiger partial charge in [0.15, 0.2) is 17.3 Å². The molecule has 1 saturated heterocycles. The standard InChI is InChI=1S/C24H18FN3O7S.ClH/c25-16-7-14-20-23(21(16)27-6-5-11(26)9-27)35-17-8-18(36(32,33)34)12-3-1-2-4-13(12)19(17)28(20)10-15(22(14)29)24(30)31;/h1-4,7-8,10-11H,5-6,9,26H2,(H,30,31)(H,32,33,34);1H/t11-;/m0./s1. The first kappa shape index (κ1) is 25.0. The third-order valence-electron chi connectivity index (χ3n) is 6.62. The van der Waals surface area contributed by atoms with Gasteiger partial charge in [0.05, 0.1) is 11.1 Å². The van der Waals surface area contributed by atoms with Crippen molar-refractivity contribution in [1.82, 2.24) is 4.57 Å². The number of pyridine rings is 1. The van der Waals surface area contributed by atoms with Crippen molar-refractivity contribution in [1.29, 1.82) is 0 Å². The summed E-state index contributed by atoms with van der Waals surface area (Å²) >= 11 is 0. The summed E-state index contributed by atoms with van der Waals surface area (Å²) in [6, 6.07) is 8.14. The average molecular weight is 548 g/mol. The Morgan fingerprint density at radius 1 is 1.14 bits per heavy atom. The largest absolute Gasteiger partial charge is 0.477 e. The molecule has 3 heterocycles. The fraction of sp³-hybridized carbons (Fsp3) is 0.167. The highest BCUT2D eigenvalue weighted by Gasteiger charge is 2.34. The minimum atomic E-state index is -4.70. The first-order valence-corrected chi connectivity index (χ1v) is 12.4. The van der Waals surface area contributed by atoms with Gasteiger partial charge in [-0.2, -0.15) is 8.42 Å². The number of carboxylic acid groups (broad SMARTS) is 1. The number of nitrogens with two attached hydrogens (primary N) is 1. The lowest BCUT2D eigenvalue weighted by molar-refractivity contribution is 0.0695. The van der Waals surface area contributed by atoms with Crippen LogP contribution in [0.5, 0.6) is 11.5 Å². The van der Waals surface area contributed by atoms with Gasteiger partial charge in [-0.1, -0.05) is 24.3 Å². The number of aromatic carboxylic acids is 1. The van der Waals surface area contributed by atoms with Crippen LogP contribution in [0.2, 0.25) is 0 Å². The van der Waals surface area contributed by atoms with Gasteiger partial charge in [-0.25, -0.2) is 9.18 Å². The molecule has 0 saturated carbocycles. The van der Waals surface area contributed by atoms with E-state index in [2.05, 4.69) is 0 Å². The van der Waals surface area contributed by atoms with Crippen LogP contribution in [0, 0.1) is 5.82 Å². The van der Waals surface area contributed by atoms with E-state index in [-0.39, 0.29) is 57.6 Å². The molecule has 2 aliphatic heterocycles. The fourth-order valence-corrected chi connectivity index (χ4v) is 5.79. The van der Waals surface area contributed by atoms with Crippen LogP contribution in [0.1, 0.15) is 16.8 Å². The number of benzene rings is 3. The van der Waals surface area contributed by atoms with Crippen LogP contribution in [-0.4, -0.2) is 47.7 Å². The van der Waals surface area contributed by atoms with Gasteiger partial charge < -0.3 is 25.0 Å². The minimum Gasteiger partial charge on any atom is -0.477 e. The Hall–Kier alpha value is -3.71. The van der Waals surface area contributed by atoms with Crippen LogP contribution in [0.3, 0.4) is 0 Å². The predicted octanol–water partition coefficient (Wildman–Crippen LogP) is 3.29. The van der Waals surface area contributed by atoms with Gasteiger partial charge in [0.1, 0.15) is 21.7 Å². The SMILES string of the molecule is Cl.N[C@H]1CCN(c2c(F)cc3c(=O)c(C(=O)O)cn4c3c2Oc2cc(S(=O)(=O)O)c3ccccc3c2-4)C1. The van der Waals surface area contributed by atoms with Crippen LogP contribution in [-0.2, 0) is 10.1 Å². The quantitative estimate of drug-likeness (QED) is 0.289.